The lowest BCUT2D eigenvalue weighted by Crippen LogP contribution is -2.42. The van der Waals surface area contributed by atoms with Gasteiger partial charge in [-0.3, -0.25) is 0 Å². The Hall–Kier alpha value is -1.06. The van der Waals surface area contributed by atoms with E-state index in [1.807, 2.05) is 46.2 Å². The molecule has 0 saturated carbocycles. The lowest BCUT2D eigenvalue weighted by molar-refractivity contribution is 0.0138. The monoisotopic (exact) mass is 267 g/mol. The number of aliphatic hydroxyl groups is 1. The topological polar surface area (TPSA) is 32.7 Å². The zero-order valence-corrected chi connectivity index (χ0v) is 13.2. The zero-order chi connectivity index (χ0) is 15.1. The molecule has 0 rings (SSSR count). The molecule has 0 heterocycles. The van der Waals surface area contributed by atoms with Crippen LogP contribution in [-0.2, 0) is 4.74 Å². The molecule has 0 fully saturated rings. The highest BCUT2D eigenvalue weighted by atomic mass is 16.5. The largest absolute Gasteiger partial charge is 0.501 e. The fraction of sp³-hybridized carbons (Fsp3) is 0.625. The minimum Gasteiger partial charge on any atom is -0.501 e. The van der Waals surface area contributed by atoms with Crippen LogP contribution in [0.5, 0.6) is 0 Å². The SMILES string of the molecule is C=C(/C=C\C=C(/C)OC)C(O)(CC)[C@@H](C)CN(C)C. The van der Waals surface area contributed by atoms with Crippen molar-refractivity contribution in [3.05, 3.63) is 36.1 Å². The second kappa shape index (κ2) is 8.18. The standard InChI is InChI=1S/C16H29NO2/c1-8-16(18,14(3)12-17(5)6)13(2)10-9-11-15(4)19-7/h9-11,14,18H,2,8,12H2,1,3-7H3/b10-9-,15-11+/t14-,16?/m0/s1. The summed E-state index contributed by atoms with van der Waals surface area (Å²) in [6, 6.07) is 0. The number of methoxy groups -OCH3 is 1. The van der Waals surface area contributed by atoms with Crippen LogP contribution in [0.3, 0.4) is 0 Å². The van der Waals surface area contributed by atoms with E-state index in [0.717, 1.165) is 17.9 Å². The van der Waals surface area contributed by atoms with Crippen LogP contribution in [0.15, 0.2) is 36.1 Å². The van der Waals surface area contributed by atoms with Crippen LogP contribution < -0.4 is 0 Å². The lowest BCUT2D eigenvalue weighted by atomic mass is 9.80. The molecule has 3 nitrogen and oxygen atoms in total. The highest BCUT2D eigenvalue weighted by Gasteiger charge is 2.33. The van der Waals surface area contributed by atoms with Gasteiger partial charge in [-0.1, -0.05) is 32.6 Å². The molecule has 0 aliphatic carbocycles. The average Bonchev–Trinajstić information content (AvgIpc) is 2.36. The summed E-state index contributed by atoms with van der Waals surface area (Å²) >= 11 is 0. The van der Waals surface area contributed by atoms with E-state index in [9.17, 15) is 5.11 Å². The highest BCUT2D eigenvalue weighted by molar-refractivity contribution is 5.29. The quantitative estimate of drug-likeness (QED) is 0.542. The van der Waals surface area contributed by atoms with Crippen molar-refractivity contribution in [1.82, 2.24) is 4.90 Å². The van der Waals surface area contributed by atoms with Gasteiger partial charge in [0.2, 0.25) is 0 Å². The van der Waals surface area contributed by atoms with Crippen LogP contribution in [0.2, 0.25) is 0 Å². The summed E-state index contributed by atoms with van der Waals surface area (Å²) in [5.74, 6) is 0.947. The summed E-state index contributed by atoms with van der Waals surface area (Å²) in [6.07, 6.45) is 6.23. The normalized spacial score (nSPS) is 17.6. The van der Waals surface area contributed by atoms with Crippen molar-refractivity contribution in [2.75, 3.05) is 27.7 Å². The van der Waals surface area contributed by atoms with Crippen LogP contribution in [-0.4, -0.2) is 43.4 Å². The molecule has 0 amide bonds. The summed E-state index contributed by atoms with van der Waals surface area (Å²) in [5.41, 5.74) is -0.125. The van der Waals surface area contributed by atoms with Gasteiger partial charge in [-0.2, -0.15) is 0 Å². The van der Waals surface area contributed by atoms with E-state index >= 15 is 0 Å². The van der Waals surface area contributed by atoms with Crippen LogP contribution in [0.4, 0.5) is 0 Å². The van der Waals surface area contributed by atoms with Crippen LogP contribution >= 0.6 is 0 Å². The van der Waals surface area contributed by atoms with Gasteiger partial charge >= 0.3 is 0 Å². The van der Waals surface area contributed by atoms with Gasteiger partial charge < -0.3 is 14.7 Å². The van der Waals surface area contributed by atoms with Gasteiger partial charge in [0, 0.05) is 12.5 Å². The van der Waals surface area contributed by atoms with Crippen molar-refractivity contribution in [3.63, 3.8) is 0 Å². The molecule has 110 valence electrons. The minimum absolute atomic E-state index is 0.122. The van der Waals surface area contributed by atoms with Crippen LogP contribution in [0.25, 0.3) is 0 Å². The molecule has 0 aliphatic heterocycles. The minimum atomic E-state index is -0.865. The van der Waals surface area contributed by atoms with E-state index in [-0.39, 0.29) is 5.92 Å². The van der Waals surface area contributed by atoms with Gasteiger partial charge in [0.1, 0.15) is 0 Å². The van der Waals surface area contributed by atoms with E-state index in [2.05, 4.69) is 18.4 Å². The number of ether oxygens (including phenoxy) is 1. The van der Waals surface area contributed by atoms with Crippen molar-refractivity contribution >= 4 is 0 Å². The Labute approximate surface area is 118 Å². The van der Waals surface area contributed by atoms with Crippen molar-refractivity contribution in [3.8, 4) is 0 Å². The van der Waals surface area contributed by atoms with E-state index in [4.69, 9.17) is 4.74 Å². The molecular formula is C16H29NO2. The van der Waals surface area contributed by atoms with E-state index in [1.54, 1.807) is 7.11 Å². The Bertz CT molecular complexity index is 345. The molecule has 0 radical (unpaired) electrons. The number of hydrogen-bond donors (Lipinski definition) is 1. The first-order chi connectivity index (χ1) is 8.77. The van der Waals surface area contributed by atoms with E-state index in [0.29, 0.717) is 6.42 Å². The Morgan fingerprint density at radius 2 is 2.05 bits per heavy atom. The molecule has 0 aliphatic rings. The third-order valence-electron chi connectivity index (χ3n) is 3.50. The first-order valence-electron chi connectivity index (χ1n) is 6.73. The molecule has 19 heavy (non-hydrogen) atoms. The molecule has 0 aromatic carbocycles. The van der Waals surface area contributed by atoms with Gasteiger partial charge in [-0.05, 0) is 39.1 Å². The van der Waals surface area contributed by atoms with Gasteiger partial charge in [-0.15, -0.1) is 0 Å². The molecule has 0 bridgehead atoms. The maximum Gasteiger partial charge on any atom is 0.0925 e. The summed E-state index contributed by atoms with van der Waals surface area (Å²) in [5, 5.41) is 10.8. The summed E-state index contributed by atoms with van der Waals surface area (Å²) in [7, 11) is 5.65. The lowest BCUT2D eigenvalue weighted by Gasteiger charge is -2.35. The Balaban J connectivity index is 4.88. The van der Waals surface area contributed by atoms with Gasteiger partial charge in [0.15, 0.2) is 0 Å². The molecular weight excluding hydrogens is 238 g/mol. The molecule has 0 aromatic heterocycles. The van der Waals surface area contributed by atoms with Crippen molar-refractivity contribution in [2.45, 2.75) is 32.8 Å². The Morgan fingerprint density at radius 3 is 2.47 bits per heavy atom. The molecule has 1 N–H and O–H groups in total. The maximum atomic E-state index is 10.8. The van der Waals surface area contributed by atoms with E-state index in [1.165, 1.54) is 0 Å². The predicted molar refractivity (Wildman–Crippen MR) is 82.0 cm³/mol. The number of nitrogens with zero attached hydrogens (tertiary/aromatic N) is 1. The summed E-state index contributed by atoms with van der Waals surface area (Å²) < 4.78 is 5.06. The van der Waals surface area contributed by atoms with Gasteiger partial charge in [-0.25, -0.2) is 0 Å². The smallest absolute Gasteiger partial charge is 0.0925 e. The fourth-order valence-corrected chi connectivity index (χ4v) is 2.10. The maximum absolute atomic E-state index is 10.8. The number of allylic oxidation sites excluding steroid dienone is 3. The second-order valence-electron chi connectivity index (χ2n) is 5.31. The molecule has 0 spiro atoms. The van der Waals surface area contributed by atoms with Crippen LogP contribution in [0, 0.1) is 5.92 Å². The Kier molecular flexibility index (Phi) is 7.72. The number of rotatable bonds is 8. The average molecular weight is 267 g/mol. The molecule has 3 heteroatoms. The van der Waals surface area contributed by atoms with Crippen molar-refractivity contribution < 1.29 is 9.84 Å². The van der Waals surface area contributed by atoms with Crippen molar-refractivity contribution in [2.24, 2.45) is 5.92 Å². The van der Waals surface area contributed by atoms with Crippen molar-refractivity contribution in [1.29, 1.82) is 0 Å². The molecule has 0 aromatic rings. The predicted octanol–water partition coefficient (Wildman–Crippen LogP) is 2.99. The van der Waals surface area contributed by atoms with E-state index < -0.39 is 5.60 Å². The van der Waals surface area contributed by atoms with Gasteiger partial charge in [0.25, 0.3) is 0 Å². The Morgan fingerprint density at radius 1 is 1.47 bits per heavy atom. The second-order valence-corrected chi connectivity index (χ2v) is 5.31. The van der Waals surface area contributed by atoms with Gasteiger partial charge in [0.05, 0.1) is 18.5 Å². The highest BCUT2D eigenvalue weighted by Crippen LogP contribution is 2.30. The summed E-state index contributed by atoms with van der Waals surface area (Å²) in [4.78, 5) is 2.08. The third kappa shape index (κ3) is 5.62. The third-order valence-corrected chi connectivity index (χ3v) is 3.50. The molecule has 2 atom stereocenters. The van der Waals surface area contributed by atoms with Crippen LogP contribution in [0.1, 0.15) is 27.2 Å². The fourth-order valence-electron chi connectivity index (χ4n) is 2.10. The summed E-state index contributed by atoms with van der Waals surface area (Å²) in [6.45, 7) is 10.8. The zero-order valence-electron chi connectivity index (χ0n) is 13.2. The number of hydrogen-bond acceptors (Lipinski definition) is 3. The molecule has 0 saturated heterocycles. The first-order valence-corrected chi connectivity index (χ1v) is 6.73. The first kappa shape index (κ1) is 17.9. The molecule has 1 unspecified atom stereocenters.